The third kappa shape index (κ3) is 1.14. The number of carbonyl (C=O) groups excluding carboxylic acids is 1. The van der Waals surface area contributed by atoms with Crippen LogP contribution < -0.4 is 0 Å². The second kappa shape index (κ2) is 3.74. The van der Waals surface area contributed by atoms with Gasteiger partial charge in [0.05, 0.1) is 5.92 Å². The number of benzene rings is 1. The van der Waals surface area contributed by atoms with E-state index in [1.54, 1.807) is 5.56 Å². The van der Waals surface area contributed by atoms with Crippen LogP contribution in [0, 0.1) is 17.3 Å². The first-order valence-corrected chi connectivity index (χ1v) is 10.1. The summed E-state index contributed by atoms with van der Waals surface area (Å²) in [5, 5.41) is 0. The second-order valence-corrected chi connectivity index (χ2v) is 9.59. The number of hydrogen-bond donors (Lipinski definition) is 0. The van der Waals surface area contributed by atoms with Crippen LogP contribution in [0.2, 0.25) is 0 Å². The lowest BCUT2D eigenvalue weighted by molar-refractivity contribution is -0.123. The lowest BCUT2D eigenvalue weighted by Gasteiger charge is -2.56. The Morgan fingerprint density at radius 3 is 2.62 bits per heavy atom. The zero-order chi connectivity index (χ0) is 15.7. The van der Waals surface area contributed by atoms with Gasteiger partial charge in [-0.2, -0.15) is 0 Å². The molecule has 2 saturated carbocycles. The highest BCUT2D eigenvalue weighted by Gasteiger charge is 2.66. The van der Waals surface area contributed by atoms with Crippen LogP contribution in [-0.2, 0) is 16.6 Å². The molecule has 0 aromatic heterocycles. The quantitative estimate of drug-likeness (QED) is 0.626. The predicted molar refractivity (Wildman–Crippen MR) is 92.9 cm³/mol. The standard InChI is InChI=1S/C23H24O/c24-18-4-2-13-1-3-16-11-17(13)21(18)23-10-7-15(12-23)20-19(23)14-5-8-22(16,20)9-6-14/h1,3,11,14-15,21H,2,4-10,12H2. The lowest BCUT2D eigenvalue weighted by Crippen LogP contribution is -2.48. The van der Waals surface area contributed by atoms with Gasteiger partial charge in [0.15, 0.2) is 0 Å². The molecule has 0 saturated heterocycles. The third-order valence-corrected chi connectivity index (χ3v) is 9.07. The number of allylic oxidation sites excluding steroid dienone is 2. The van der Waals surface area contributed by atoms with Gasteiger partial charge in [-0.15, -0.1) is 0 Å². The number of aryl methyl sites for hydroxylation is 1. The van der Waals surface area contributed by atoms with Crippen LogP contribution in [0.15, 0.2) is 29.3 Å². The molecule has 2 spiro atoms. The van der Waals surface area contributed by atoms with E-state index in [1.807, 2.05) is 11.1 Å². The first kappa shape index (κ1) is 12.9. The second-order valence-electron chi connectivity index (χ2n) is 9.59. The molecule has 1 aromatic rings. The minimum absolute atomic E-state index is 0.204. The van der Waals surface area contributed by atoms with E-state index in [-0.39, 0.29) is 11.3 Å². The Hall–Kier alpha value is -1.37. The number of rotatable bonds is 0. The summed E-state index contributed by atoms with van der Waals surface area (Å²) >= 11 is 0. The maximum atomic E-state index is 13.2. The maximum Gasteiger partial charge on any atom is 0.141 e. The smallest absolute Gasteiger partial charge is 0.141 e. The highest BCUT2D eigenvalue weighted by Crippen LogP contribution is 2.75. The fraction of sp³-hybridized carbons (Fsp3) is 0.609. The molecule has 2 fully saturated rings. The van der Waals surface area contributed by atoms with Gasteiger partial charge in [-0.3, -0.25) is 4.79 Å². The summed E-state index contributed by atoms with van der Waals surface area (Å²) in [5.41, 5.74) is 8.83. The van der Waals surface area contributed by atoms with E-state index < -0.39 is 0 Å². The van der Waals surface area contributed by atoms with E-state index >= 15 is 0 Å². The number of Topliss-reactive ketones (excluding diaryl/α,β-unsaturated/α-hetero) is 1. The molecule has 1 nitrogen and oxygen atoms in total. The van der Waals surface area contributed by atoms with E-state index in [0.29, 0.717) is 11.2 Å². The van der Waals surface area contributed by atoms with Gasteiger partial charge in [0.1, 0.15) is 5.78 Å². The minimum atomic E-state index is 0.204. The van der Waals surface area contributed by atoms with Crippen molar-refractivity contribution in [2.75, 3.05) is 0 Å². The normalized spacial score (nSPS) is 46.3. The fourth-order valence-corrected chi connectivity index (χ4v) is 8.43. The number of ketones is 1. The molecule has 0 heterocycles. The summed E-state index contributed by atoms with van der Waals surface area (Å²) in [5.74, 6) is 2.38. The maximum absolute atomic E-state index is 13.2. The molecule has 0 amide bonds. The zero-order valence-electron chi connectivity index (χ0n) is 14.2. The van der Waals surface area contributed by atoms with Crippen molar-refractivity contribution in [2.24, 2.45) is 17.3 Å². The number of carbonyl (C=O) groups is 1. The highest BCUT2D eigenvalue weighted by molar-refractivity contribution is 5.90. The molecule has 8 bridgehead atoms. The van der Waals surface area contributed by atoms with Crippen molar-refractivity contribution in [2.45, 2.75) is 69.1 Å². The van der Waals surface area contributed by atoms with Crippen molar-refractivity contribution in [3.05, 3.63) is 46.0 Å². The van der Waals surface area contributed by atoms with Gasteiger partial charge in [-0.25, -0.2) is 0 Å². The molecule has 1 aromatic carbocycles. The molecule has 0 aliphatic heterocycles. The molecule has 24 heavy (non-hydrogen) atoms. The van der Waals surface area contributed by atoms with E-state index in [0.717, 1.165) is 24.7 Å². The Morgan fingerprint density at radius 2 is 1.75 bits per heavy atom. The van der Waals surface area contributed by atoms with E-state index in [1.165, 1.54) is 56.1 Å². The van der Waals surface area contributed by atoms with Crippen LogP contribution in [0.3, 0.4) is 0 Å². The van der Waals surface area contributed by atoms with E-state index in [4.69, 9.17) is 0 Å². The molecule has 3 unspecified atom stereocenters. The van der Waals surface area contributed by atoms with Crippen LogP contribution in [0.1, 0.15) is 74.0 Å². The average molecular weight is 316 g/mol. The molecule has 0 N–H and O–H groups in total. The average Bonchev–Trinajstić information content (AvgIpc) is 3.21. The summed E-state index contributed by atoms with van der Waals surface area (Å²) in [6.45, 7) is 0. The van der Waals surface area contributed by atoms with Crippen LogP contribution in [-0.4, -0.2) is 5.78 Å². The third-order valence-electron chi connectivity index (χ3n) is 9.07. The molecule has 3 atom stereocenters. The molecular weight excluding hydrogens is 292 g/mol. The summed E-state index contributed by atoms with van der Waals surface area (Å²) < 4.78 is 0. The minimum Gasteiger partial charge on any atom is -0.299 e. The first-order valence-electron chi connectivity index (χ1n) is 10.1. The molecule has 7 aliphatic rings. The van der Waals surface area contributed by atoms with Gasteiger partial charge >= 0.3 is 0 Å². The molecule has 1 heteroatoms. The summed E-state index contributed by atoms with van der Waals surface area (Å²) in [6.07, 6.45) is 11.2. The number of fused-ring (bicyclic) bond motifs is 4. The Bertz CT molecular complexity index is 851. The molecule has 8 rings (SSSR count). The summed E-state index contributed by atoms with van der Waals surface area (Å²) in [4.78, 5) is 13.2. The molecule has 7 aliphatic carbocycles. The Labute approximate surface area is 143 Å². The monoisotopic (exact) mass is 316 g/mol. The van der Waals surface area contributed by atoms with Crippen molar-refractivity contribution in [1.82, 2.24) is 0 Å². The van der Waals surface area contributed by atoms with Gasteiger partial charge in [-0.05, 0) is 79.9 Å². The lowest BCUT2D eigenvalue weighted by atomic mass is 9.47. The topological polar surface area (TPSA) is 17.1 Å². The fourth-order valence-electron chi connectivity index (χ4n) is 8.43. The van der Waals surface area contributed by atoms with Gasteiger partial charge in [0.2, 0.25) is 0 Å². The zero-order valence-corrected chi connectivity index (χ0v) is 14.2. The largest absolute Gasteiger partial charge is 0.299 e. The van der Waals surface area contributed by atoms with Gasteiger partial charge in [0.25, 0.3) is 0 Å². The summed E-state index contributed by atoms with van der Waals surface area (Å²) in [7, 11) is 0. The van der Waals surface area contributed by atoms with Crippen molar-refractivity contribution in [1.29, 1.82) is 0 Å². The first-order chi connectivity index (χ1) is 11.7. The van der Waals surface area contributed by atoms with Crippen LogP contribution >= 0.6 is 0 Å². The van der Waals surface area contributed by atoms with Gasteiger partial charge in [0, 0.05) is 17.3 Å². The van der Waals surface area contributed by atoms with Crippen LogP contribution in [0.4, 0.5) is 0 Å². The van der Waals surface area contributed by atoms with E-state index in [9.17, 15) is 4.79 Å². The Kier molecular flexibility index (Phi) is 2.01. The molecule has 122 valence electrons. The van der Waals surface area contributed by atoms with Crippen molar-refractivity contribution < 1.29 is 4.79 Å². The van der Waals surface area contributed by atoms with E-state index in [2.05, 4.69) is 18.2 Å². The van der Waals surface area contributed by atoms with Gasteiger partial charge in [-0.1, -0.05) is 29.3 Å². The molecular formula is C23H24O. The molecule has 0 radical (unpaired) electrons. The van der Waals surface area contributed by atoms with Gasteiger partial charge < -0.3 is 0 Å². The predicted octanol–water partition coefficient (Wildman–Crippen LogP) is 4.84. The van der Waals surface area contributed by atoms with Crippen molar-refractivity contribution in [3.8, 4) is 0 Å². The van der Waals surface area contributed by atoms with Crippen LogP contribution in [0.5, 0.6) is 0 Å². The highest BCUT2D eigenvalue weighted by atomic mass is 16.1. The Balaban J connectivity index is 1.66. The Morgan fingerprint density at radius 1 is 0.917 bits per heavy atom. The summed E-state index contributed by atoms with van der Waals surface area (Å²) in [6, 6.07) is 7.36. The number of hydrogen-bond acceptors (Lipinski definition) is 1. The van der Waals surface area contributed by atoms with Crippen LogP contribution in [0.25, 0.3) is 0 Å². The van der Waals surface area contributed by atoms with Crippen molar-refractivity contribution >= 4 is 5.78 Å². The SMILES string of the molecule is O=C1CCc2ccc3cc2C1C12CCC(C1)C1=C2C2CCC13CC2. The van der Waals surface area contributed by atoms with Crippen molar-refractivity contribution in [3.63, 3.8) is 0 Å².